The fourth-order valence-electron chi connectivity index (χ4n) is 3.93. The van der Waals surface area contributed by atoms with Crippen LogP contribution in [0, 0.1) is 5.82 Å². The summed E-state index contributed by atoms with van der Waals surface area (Å²) in [4.78, 5) is 25.7. The van der Waals surface area contributed by atoms with Gasteiger partial charge in [0.2, 0.25) is 5.95 Å². The minimum Gasteiger partial charge on any atom is -0.465 e. The second-order valence-corrected chi connectivity index (χ2v) is 9.32. The summed E-state index contributed by atoms with van der Waals surface area (Å²) >= 11 is 12.1. The van der Waals surface area contributed by atoms with Gasteiger partial charge < -0.3 is 20.2 Å². The number of aromatic nitrogens is 2. The average molecular weight is 519 g/mol. The van der Waals surface area contributed by atoms with Crippen LogP contribution in [0.4, 0.5) is 32.3 Å². The zero-order valence-electron chi connectivity index (χ0n) is 19.3. The van der Waals surface area contributed by atoms with Gasteiger partial charge in [0, 0.05) is 47.6 Å². The van der Waals surface area contributed by atoms with Gasteiger partial charge >= 0.3 is 6.09 Å². The Morgan fingerprint density at radius 2 is 1.94 bits per heavy atom. The van der Waals surface area contributed by atoms with Gasteiger partial charge in [-0.2, -0.15) is 4.98 Å². The summed E-state index contributed by atoms with van der Waals surface area (Å²) < 4.78 is 14.9. The third kappa shape index (κ3) is 6.11. The van der Waals surface area contributed by atoms with E-state index in [0.717, 1.165) is 24.5 Å². The molecule has 11 heteroatoms. The first-order chi connectivity index (χ1) is 16.7. The second-order valence-electron chi connectivity index (χ2n) is 8.45. The molecule has 0 saturated carbocycles. The molecule has 1 fully saturated rings. The fourth-order valence-corrected chi connectivity index (χ4v) is 4.50. The van der Waals surface area contributed by atoms with Crippen molar-refractivity contribution in [3.8, 4) is 0 Å². The molecule has 1 unspecified atom stereocenters. The SMILES string of the molecule is CC1CN(c2ccc(Nc3nccc(N(Cc4cc(Cl)cc(Cl)c4)C(=O)O)n3)cc2F)CCN1C. The Morgan fingerprint density at radius 1 is 1.20 bits per heavy atom. The number of amides is 1. The summed E-state index contributed by atoms with van der Waals surface area (Å²) in [7, 11) is 2.06. The van der Waals surface area contributed by atoms with E-state index in [1.54, 1.807) is 30.3 Å². The van der Waals surface area contributed by atoms with Gasteiger partial charge in [-0.1, -0.05) is 23.2 Å². The van der Waals surface area contributed by atoms with E-state index in [1.165, 1.54) is 18.3 Å². The van der Waals surface area contributed by atoms with E-state index in [4.69, 9.17) is 23.2 Å². The number of hydrogen-bond donors (Lipinski definition) is 2. The maximum atomic E-state index is 14.9. The van der Waals surface area contributed by atoms with E-state index < -0.39 is 6.09 Å². The van der Waals surface area contributed by atoms with Crippen LogP contribution in [0.25, 0.3) is 0 Å². The molecular formula is C24H25Cl2FN6O2. The molecule has 1 saturated heterocycles. The number of nitrogens with zero attached hydrogens (tertiary/aromatic N) is 5. The van der Waals surface area contributed by atoms with Crippen molar-refractivity contribution < 1.29 is 14.3 Å². The monoisotopic (exact) mass is 518 g/mol. The van der Waals surface area contributed by atoms with Crippen LogP contribution in [0.3, 0.4) is 0 Å². The van der Waals surface area contributed by atoms with Crippen LogP contribution >= 0.6 is 23.2 Å². The van der Waals surface area contributed by atoms with Crippen LogP contribution in [-0.4, -0.2) is 58.8 Å². The van der Waals surface area contributed by atoms with E-state index in [-0.39, 0.29) is 24.1 Å². The highest BCUT2D eigenvalue weighted by Gasteiger charge is 2.23. The lowest BCUT2D eigenvalue weighted by atomic mass is 10.1. The van der Waals surface area contributed by atoms with Crippen molar-refractivity contribution in [1.29, 1.82) is 0 Å². The molecule has 0 aliphatic carbocycles. The average Bonchev–Trinajstić information content (AvgIpc) is 2.79. The highest BCUT2D eigenvalue weighted by Crippen LogP contribution is 2.27. The number of halogens is 3. The van der Waals surface area contributed by atoms with Crippen molar-refractivity contribution in [2.45, 2.75) is 19.5 Å². The lowest BCUT2D eigenvalue weighted by Gasteiger charge is -2.39. The van der Waals surface area contributed by atoms with Crippen molar-refractivity contribution in [3.63, 3.8) is 0 Å². The van der Waals surface area contributed by atoms with E-state index in [1.807, 2.05) is 4.90 Å². The van der Waals surface area contributed by atoms with E-state index >= 15 is 0 Å². The predicted molar refractivity (Wildman–Crippen MR) is 137 cm³/mol. The Kier molecular flexibility index (Phi) is 7.59. The lowest BCUT2D eigenvalue weighted by molar-refractivity contribution is 0.201. The van der Waals surface area contributed by atoms with Gasteiger partial charge in [0.1, 0.15) is 11.6 Å². The van der Waals surface area contributed by atoms with Crippen LogP contribution in [0.2, 0.25) is 10.0 Å². The van der Waals surface area contributed by atoms with Gasteiger partial charge in [-0.25, -0.2) is 14.2 Å². The first-order valence-electron chi connectivity index (χ1n) is 11.0. The van der Waals surface area contributed by atoms with Crippen LogP contribution in [0.1, 0.15) is 12.5 Å². The number of carboxylic acid groups (broad SMARTS) is 1. The van der Waals surface area contributed by atoms with Gasteiger partial charge in [-0.05, 0) is 62.0 Å². The number of carbonyl (C=O) groups is 1. The number of benzene rings is 2. The number of rotatable bonds is 6. The maximum Gasteiger partial charge on any atom is 0.413 e. The molecule has 35 heavy (non-hydrogen) atoms. The molecule has 0 spiro atoms. The van der Waals surface area contributed by atoms with Gasteiger partial charge in [0.15, 0.2) is 0 Å². The Balaban J connectivity index is 1.51. The highest BCUT2D eigenvalue weighted by atomic mass is 35.5. The number of anilines is 4. The van der Waals surface area contributed by atoms with Crippen LogP contribution in [0.5, 0.6) is 0 Å². The maximum absolute atomic E-state index is 14.9. The van der Waals surface area contributed by atoms with E-state index in [2.05, 4.69) is 34.2 Å². The third-order valence-electron chi connectivity index (χ3n) is 5.92. The molecule has 0 bridgehead atoms. The minimum atomic E-state index is -1.21. The Labute approximate surface area is 212 Å². The number of likely N-dealkylation sites (N-methyl/N-ethyl adjacent to an activating group) is 1. The molecule has 4 rings (SSSR count). The topological polar surface area (TPSA) is 84.8 Å². The molecule has 8 nitrogen and oxygen atoms in total. The van der Waals surface area contributed by atoms with E-state index in [9.17, 15) is 14.3 Å². The second kappa shape index (κ2) is 10.6. The fraction of sp³-hybridized carbons (Fsp3) is 0.292. The molecule has 1 aliphatic rings. The van der Waals surface area contributed by atoms with E-state index in [0.29, 0.717) is 33.0 Å². The molecule has 0 radical (unpaired) electrons. The standard InChI is InChI=1S/C24H25Cl2FN6O2/c1-15-13-32(8-7-31(15)2)21-4-3-19(12-20(21)27)29-23-28-6-5-22(30-23)33(24(34)35)14-16-9-17(25)11-18(26)10-16/h3-6,9-12,15H,7-8,13-14H2,1-2H3,(H,34,35)(H,28,29,30). The quantitative estimate of drug-likeness (QED) is 0.446. The predicted octanol–water partition coefficient (Wildman–Crippen LogP) is 5.49. The third-order valence-corrected chi connectivity index (χ3v) is 6.35. The molecular weight excluding hydrogens is 494 g/mol. The summed E-state index contributed by atoms with van der Waals surface area (Å²) in [5.74, 6) is -0.0687. The first kappa shape index (κ1) is 25.0. The summed E-state index contributed by atoms with van der Waals surface area (Å²) in [6, 6.07) is 11.5. The summed E-state index contributed by atoms with van der Waals surface area (Å²) in [6.45, 7) is 4.46. The van der Waals surface area contributed by atoms with Gasteiger partial charge in [0.25, 0.3) is 0 Å². The highest BCUT2D eigenvalue weighted by molar-refractivity contribution is 6.34. The molecule has 2 N–H and O–H groups in total. The first-order valence-corrected chi connectivity index (χ1v) is 11.8. The number of hydrogen-bond acceptors (Lipinski definition) is 6. The summed E-state index contributed by atoms with van der Waals surface area (Å²) in [5.41, 5.74) is 1.60. The minimum absolute atomic E-state index is 0.0150. The van der Waals surface area contributed by atoms with Gasteiger partial charge in [-0.15, -0.1) is 0 Å². The van der Waals surface area contributed by atoms with Crippen molar-refractivity contribution in [2.75, 3.05) is 41.8 Å². The normalized spacial score (nSPS) is 16.3. The van der Waals surface area contributed by atoms with Crippen molar-refractivity contribution in [2.24, 2.45) is 0 Å². The molecule has 1 atom stereocenters. The van der Waals surface area contributed by atoms with Gasteiger partial charge in [-0.3, -0.25) is 4.90 Å². The molecule has 184 valence electrons. The smallest absolute Gasteiger partial charge is 0.413 e. The summed E-state index contributed by atoms with van der Waals surface area (Å²) in [5, 5.41) is 13.5. The molecule has 2 heterocycles. The molecule has 1 aliphatic heterocycles. The van der Waals surface area contributed by atoms with Gasteiger partial charge in [0.05, 0.1) is 12.2 Å². The van der Waals surface area contributed by atoms with Crippen molar-refractivity contribution >= 4 is 52.4 Å². The van der Waals surface area contributed by atoms with Crippen molar-refractivity contribution in [1.82, 2.24) is 14.9 Å². The Morgan fingerprint density at radius 3 is 2.60 bits per heavy atom. The number of piperazine rings is 1. The Hall–Kier alpha value is -3.14. The number of nitrogens with one attached hydrogen (secondary N) is 1. The summed E-state index contributed by atoms with van der Waals surface area (Å²) in [6.07, 6.45) is 0.226. The lowest BCUT2D eigenvalue weighted by Crippen LogP contribution is -2.50. The zero-order chi connectivity index (χ0) is 25.1. The molecule has 1 aromatic heterocycles. The zero-order valence-corrected chi connectivity index (χ0v) is 20.8. The van der Waals surface area contributed by atoms with Crippen LogP contribution in [0.15, 0.2) is 48.7 Å². The molecule has 2 aromatic carbocycles. The largest absolute Gasteiger partial charge is 0.465 e. The van der Waals surface area contributed by atoms with Crippen LogP contribution in [-0.2, 0) is 6.54 Å². The van der Waals surface area contributed by atoms with Crippen molar-refractivity contribution in [3.05, 3.63) is 70.1 Å². The van der Waals surface area contributed by atoms with Crippen LogP contribution < -0.4 is 15.1 Å². The molecule has 1 amide bonds. The Bertz CT molecular complexity index is 1210. The molecule has 3 aromatic rings.